The van der Waals surface area contributed by atoms with Gasteiger partial charge in [-0.25, -0.2) is 0 Å². The van der Waals surface area contributed by atoms with Crippen LogP contribution in [0.15, 0.2) is 24.3 Å². The minimum Gasteiger partial charge on any atom is -0.381 e. The van der Waals surface area contributed by atoms with E-state index >= 15 is 0 Å². The van der Waals surface area contributed by atoms with Gasteiger partial charge in [0.2, 0.25) is 0 Å². The van der Waals surface area contributed by atoms with Crippen molar-refractivity contribution in [2.24, 2.45) is 5.92 Å². The number of benzene rings is 1. The summed E-state index contributed by atoms with van der Waals surface area (Å²) in [6.07, 6.45) is 5.50. The molecule has 1 nitrogen and oxygen atoms in total. The summed E-state index contributed by atoms with van der Waals surface area (Å²) in [5.41, 5.74) is 3.39. The Kier molecular flexibility index (Phi) is 2.24. The van der Waals surface area contributed by atoms with Gasteiger partial charge >= 0.3 is 0 Å². The molecular formula is C15H21N. The minimum atomic E-state index is 0.434. The summed E-state index contributed by atoms with van der Waals surface area (Å²) in [5, 5.41) is 3.67. The lowest BCUT2D eigenvalue weighted by Crippen LogP contribution is -2.39. The fourth-order valence-electron chi connectivity index (χ4n) is 3.63. The van der Waals surface area contributed by atoms with E-state index in [0.717, 1.165) is 5.92 Å². The molecule has 3 rings (SSSR count). The molecular weight excluding hydrogens is 194 g/mol. The molecule has 86 valence electrons. The molecule has 0 bridgehead atoms. The lowest BCUT2D eigenvalue weighted by molar-refractivity contribution is 0.230. The zero-order chi connectivity index (χ0) is 11.2. The van der Waals surface area contributed by atoms with Crippen molar-refractivity contribution in [2.75, 3.05) is 5.32 Å². The SMILES string of the molecule is CC1CCC2(CC1)c1ccccc1NC2C. The van der Waals surface area contributed by atoms with Crippen molar-refractivity contribution >= 4 is 5.69 Å². The average molecular weight is 215 g/mol. The Bertz CT molecular complexity index is 388. The van der Waals surface area contributed by atoms with Gasteiger partial charge in [0.25, 0.3) is 0 Å². The van der Waals surface area contributed by atoms with Crippen molar-refractivity contribution in [2.45, 2.75) is 51.0 Å². The summed E-state index contributed by atoms with van der Waals surface area (Å²) in [7, 11) is 0. The first-order valence-corrected chi connectivity index (χ1v) is 6.58. The second-order valence-corrected chi connectivity index (χ2v) is 5.75. The lowest BCUT2D eigenvalue weighted by atomic mass is 9.65. The van der Waals surface area contributed by atoms with Crippen LogP contribution < -0.4 is 5.32 Å². The van der Waals surface area contributed by atoms with E-state index in [4.69, 9.17) is 0 Å². The van der Waals surface area contributed by atoms with E-state index in [1.807, 2.05) is 0 Å². The van der Waals surface area contributed by atoms with E-state index in [1.54, 1.807) is 5.56 Å². The second kappa shape index (κ2) is 3.51. The smallest absolute Gasteiger partial charge is 0.0381 e. The van der Waals surface area contributed by atoms with Crippen molar-refractivity contribution in [3.05, 3.63) is 29.8 Å². The zero-order valence-electron chi connectivity index (χ0n) is 10.3. The third-order valence-corrected chi connectivity index (χ3v) is 4.83. The van der Waals surface area contributed by atoms with E-state index in [9.17, 15) is 0 Å². The molecule has 2 aliphatic rings. The van der Waals surface area contributed by atoms with E-state index in [1.165, 1.54) is 31.4 Å². The van der Waals surface area contributed by atoms with Gasteiger partial charge in [-0.1, -0.05) is 25.1 Å². The van der Waals surface area contributed by atoms with E-state index in [0.29, 0.717) is 11.5 Å². The Labute approximate surface area is 98.3 Å². The molecule has 1 aliphatic heterocycles. The molecule has 0 aromatic heterocycles. The van der Waals surface area contributed by atoms with Gasteiger partial charge in [-0.05, 0) is 50.2 Å². The van der Waals surface area contributed by atoms with Crippen molar-refractivity contribution in [1.29, 1.82) is 0 Å². The van der Waals surface area contributed by atoms with Gasteiger partial charge in [-0.3, -0.25) is 0 Å². The Morgan fingerprint density at radius 1 is 1.12 bits per heavy atom. The predicted molar refractivity (Wildman–Crippen MR) is 68.8 cm³/mol. The molecule has 1 saturated carbocycles. The molecule has 1 N–H and O–H groups in total. The molecule has 1 heteroatoms. The van der Waals surface area contributed by atoms with Gasteiger partial charge in [0.1, 0.15) is 0 Å². The maximum atomic E-state index is 3.67. The molecule has 1 atom stereocenters. The third-order valence-electron chi connectivity index (χ3n) is 4.83. The van der Waals surface area contributed by atoms with Crippen LogP contribution in [0.2, 0.25) is 0 Å². The molecule has 1 fully saturated rings. The molecule has 1 unspecified atom stereocenters. The number of nitrogens with one attached hydrogen (secondary N) is 1. The number of fused-ring (bicyclic) bond motifs is 2. The first-order valence-electron chi connectivity index (χ1n) is 6.58. The van der Waals surface area contributed by atoms with Gasteiger partial charge in [0.15, 0.2) is 0 Å². The van der Waals surface area contributed by atoms with Gasteiger partial charge in [0, 0.05) is 17.1 Å². The molecule has 0 radical (unpaired) electrons. The number of anilines is 1. The Morgan fingerprint density at radius 2 is 1.81 bits per heavy atom. The van der Waals surface area contributed by atoms with E-state index in [2.05, 4.69) is 43.4 Å². The van der Waals surface area contributed by atoms with Gasteiger partial charge < -0.3 is 5.32 Å². The summed E-state index contributed by atoms with van der Waals surface area (Å²) < 4.78 is 0. The monoisotopic (exact) mass is 215 g/mol. The Morgan fingerprint density at radius 3 is 2.56 bits per heavy atom. The molecule has 1 heterocycles. The summed E-state index contributed by atoms with van der Waals surface area (Å²) >= 11 is 0. The molecule has 0 amide bonds. The lowest BCUT2D eigenvalue weighted by Gasteiger charge is -2.40. The second-order valence-electron chi connectivity index (χ2n) is 5.75. The van der Waals surface area contributed by atoms with E-state index < -0.39 is 0 Å². The van der Waals surface area contributed by atoms with Crippen LogP contribution in [0.3, 0.4) is 0 Å². The van der Waals surface area contributed by atoms with Crippen molar-refractivity contribution < 1.29 is 0 Å². The molecule has 1 aromatic rings. The maximum absolute atomic E-state index is 3.67. The van der Waals surface area contributed by atoms with Crippen LogP contribution >= 0.6 is 0 Å². The number of hydrogen-bond donors (Lipinski definition) is 1. The summed E-state index contributed by atoms with van der Waals surface area (Å²) in [6.45, 7) is 4.75. The van der Waals surface area contributed by atoms with Crippen molar-refractivity contribution in [3.63, 3.8) is 0 Å². The highest BCUT2D eigenvalue weighted by molar-refractivity contribution is 5.62. The van der Waals surface area contributed by atoms with Crippen LogP contribution in [0, 0.1) is 5.92 Å². The number of rotatable bonds is 0. The van der Waals surface area contributed by atoms with Crippen LogP contribution in [0.5, 0.6) is 0 Å². The van der Waals surface area contributed by atoms with Gasteiger partial charge in [-0.15, -0.1) is 0 Å². The first kappa shape index (κ1) is 10.2. The predicted octanol–water partition coefficient (Wildman–Crippen LogP) is 3.95. The quantitative estimate of drug-likeness (QED) is 0.691. The highest BCUT2D eigenvalue weighted by atomic mass is 15.0. The van der Waals surface area contributed by atoms with Gasteiger partial charge in [0.05, 0.1) is 0 Å². The average Bonchev–Trinajstić information content (AvgIpc) is 2.57. The maximum Gasteiger partial charge on any atom is 0.0381 e. The van der Waals surface area contributed by atoms with Crippen molar-refractivity contribution in [3.8, 4) is 0 Å². The van der Waals surface area contributed by atoms with Crippen molar-refractivity contribution in [1.82, 2.24) is 0 Å². The zero-order valence-corrected chi connectivity index (χ0v) is 10.3. The highest BCUT2D eigenvalue weighted by Crippen LogP contribution is 2.50. The van der Waals surface area contributed by atoms with Gasteiger partial charge in [-0.2, -0.15) is 0 Å². The standard InChI is InChI=1S/C15H21N/c1-11-7-9-15(10-8-11)12(2)16-14-6-4-3-5-13(14)15/h3-6,11-12,16H,7-10H2,1-2H3. The fourth-order valence-corrected chi connectivity index (χ4v) is 3.63. The number of para-hydroxylation sites is 1. The summed E-state index contributed by atoms with van der Waals surface area (Å²) in [5.74, 6) is 0.922. The van der Waals surface area contributed by atoms with Crippen LogP contribution in [0.1, 0.15) is 45.1 Å². The van der Waals surface area contributed by atoms with E-state index in [-0.39, 0.29) is 0 Å². The topological polar surface area (TPSA) is 12.0 Å². The van der Waals surface area contributed by atoms with Crippen LogP contribution in [-0.2, 0) is 5.41 Å². The molecule has 0 saturated heterocycles. The Hall–Kier alpha value is -0.980. The minimum absolute atomic E-state index is 0.434. The molecule has 1 spiro atoms. The van der Waals surface area contributed by atoms with Crippen LogP contribution in [0.4, 0.5) is 5.69 Å². The normalized spacial score (nSPS) is 37.1. The molecule has 16 heavy (non-hydrogen) atoms. The molecule has 1 aromatic carbocycles. The number of hydrogen-bond acceptors (Lipinski definition) is 1. The Balaban J connectivity index is 2.01. The third kappa shape index (κ3) is 1.30. The van der Waals surface area contributed by atoms with Crippen LogP contribution in [0.25, 0.3) is 0 Å². The molecule has 1 aliphatic carbocycles. The summed E-state index contributed by atoms with van der Waals surface area (Å²) in [6, 6.07) is 9.51. The highest BCUT2D eigenvalue weighted by Gasteiger charge is 2.45. The fraction of sp³-hybridized carbons (Fsp3) is 0.600. The summed E-state index contributed by atoms with van der Waals surface area (Å²) in [4.78, 5) is 0. The largest absolute Gasteiger partial charge is 0.381 e. The van der Waals surface area contributed by atoms with Crippen LogP contribution in [-0.4, -0.2) is 6.04 Å². The first-order chi connectivity index (χ1) is 7.72.